The number of nitrogens with zero attached hydrogens (tertiary/aromatic N) is 3. The maximum absolute atomic E-state index is 12.9. The Labute approximate surface area is 183 Å². The molecule has 0 saturated carbocycles. The highest BCUT2D eigenvalue weighted by Gasteiger charge is 2.27. The summed E-state index contributed by atoms with van der Waals surface area (Å²) in [6.07, 6.45) is 8.73. The molecule has 6 heteroatoms. The number of fused-ring (bicyclic) bond motifs is 1. The lowest BCUT2D eigenvalue weighted by atomic mass is 9.95. The number of aromatic amines is 1. The molecule has 4 heterocycles. The van der Waals surface area contributed by atoms with Gasteiger partial charge < -0.3 is 19.2 Å². The van der Waals surface area contributed by atoms with Gasteiger partial charge in [-0.2, -0.15) is 0 Å². The molecule has 0 unspecified atom stereocenters. The third-order valence-electron chi connectivity index (χ3n) is 7.10. The highest BCUT2D eigenvalue weighted by Crippen LogP contribution is 2.29. The first kappa shape index (κ1) is 20.3. The van der Waals surface area contributed by atoms with Gasteiger partial charge in [-0.25, -0.2) is 4.98 Å². The standard InChI is InChI=1S/C25H32N4O2/c1-18-15-27-25(20-8-12-31-13-9-20)29(18)17-19-6-10-28(11-7-19)24(30)14-21-16-26-23-5-3-2-4-22(21)23/h2-5,15-16,19-20,26H,6-14,17H2,1H3. The Balaban J connectivity index is 1.18. The zero-order valence-electron chi connectivity index (χ0n) is 18.3. The summed E-state index contributed by atoms with van der Waals surface area (Å²) in [4.78, 5) is 23.0. The maximum Gasteiger partial charge on any atom is 0.227 e. The van der Waals surface area contributed by atoms with E-state index in [2.05, 4.69) is 33.5 Å². The van der Waals surface area contributed by atoms with Gasteiger partial charge in [0.2, 0.25) is 5.91 Å². The lowest BCUT2D eigenvalue weighted by Gasteiger charge is -2.33. The van der Waals surface area contributed by atoms with Gasteiger partial charge in [0.15, 0.2) is 0 Å². The average Bonchev–Trinajstić information content (AvgIpc) is 3.38. The van der Waals surface area contributed by atoms with E-state index in [1.807, 2.05) is 24.5 Å². The highest BCUT2D eigenvalue weighted by molar-refractivity contribution is 5.88. The molecule has 1 aromatic carbocycles. The van der Waals surface area contributed by atoms with Crippen LogP contribution in [0, 0.1) is 12.8 Å². The lowest BCUT2D eigenvalue weighted by molar-refractivity contribution is -0.131. The monoisotopic (exact) mass is 420 g/mol. The second-order valence-corrected chi connectivity index (χ2v) is 9.12. The molecule has 0 aliphatic carbocycles. The summed E-state index contributed by atoms with van der Waals surface area (Å²) >= 11 is 0. The Morgan fingerprint density at radius 3 is 2.74 bits per heavy atom. The predicted molar refractivity (Wildman–Crippen MR) is 121 cm³/mol. The summed E-state index contributed by atoms with van der Waals surface area (Å²) in [7, 11) is 0. The van der Waals surface area contributed by atoms with Crippen molar-refractivity contribution in [3.63, 3.8) is 0 Å². The van der Waals surface area contributed by atoms with E-state index in [1.165, 1.54) is 11.5 Å². The molecule has 2 aromatic heterocycles. The number of H-pyrrole nitrogens is 1. The number of piperidine rings is 1. The molecule has 0 bridgehead atoms. The number of ether oxygens (including phenoxy) is 1. The van der Waals surface area contributed by atoms with Gasteiger partial charge in [-0.05, 0) is 50.2 Å². The number of nitrogens with one attached hydrogen (secondary N) is 1. The van der Waals surface area contributed by atoms with Crippen molar-refractivity contribution in [2.75, 3.05) is 26.3 Å². The van der Waals surface area contributed by atoms with Crippen molar-refractivity contribution in [2.45, 2.75) is 51.5 Å². The van der Waals surface area contributed by atoms with Gasteiger partial charge in [-0.1, -0.05) is 18.2 Å². The first-order valence-corrected chi connectivity index (χ1v) is 11.6. The number of benzene rings is 1. The van der Waals surface area contributed by atoms with Crippen LogP contribution < -0.4 is 0 Å². The van der Waals surface area contributed by atoms with Crippen LogP contribution in [0.3, 0.4) is 0 Å². The van der Waals surface area contributed by atoms with Crippen molar-refractivity contribution >= 4 is 16.8 Å². The van der Waals surface area contributed by atoms with Gasteiger partial charge in [0.25, 0.3) is 0 Å². The minimum Gasteiger partial charge on any atom is -0.381 e. The number of carbonyl (C=O) groups excluding carboxylic acids is 1. The molecule has 1 N–H and O–H groups in total. The normalized spacial score (nSPS) is 18.7. The molecular weight excluding hydrogens is 388 g/mol. The molecule has 6 nitrogen and oxygen atoms in total. The molecule has 0 atom stereocenters. The molecule has 31 heavy (non-hydrogen) atoms. The number of amides is 1. The van der Waals surface area contributed by atoms with Gasteiger partial charge in [0.1, 0.15) is 5.82 Å². The van der Waals surface area contributed by atoms with Gasteiger partial charge in [0, 0.05) is 67.8 Å². The van der Waals surface area contributed by atoms with Gasteiger partial charge in [-0.3, -0.25) is 4.79 Å². The fraction of sp³-hybridized carbons (Fsp3) is 0.520. The van der Waals surface area contributed by atoms with E-state index in [0.717, 1.165) is 75.0 Å². The third-order valence-corrected chi connectivity index (χ3v) is 7.10. The first-order valence-electron chi connectivity index (χ1n) is 11.6. The van der Waals surface area contributed by atoms with E-state index in [9.17, 15) is 4.79 Å². The van der Waals surface area contributed by atoms with Crippen LogP contribution in [0.5, 0.6) is 0 Å². The van der Waals surface area contributed by atoms with Gasteiger partial charge in [0.05, 0.1) is 6.42 Å². The molecule has 2 saturated heterocycles. The smallest absolute Gasteiger partial charge is 0.227 e. The number of para-hydroxylation sites is 1. The van der Waals surface area contributed by atoms with Crippen molar-refractivity contribution in [3.8, 4) is 0 Å². The fourth-order valence-electron chi connectivity index (χ4n) is 5.17. The summed E-state index contributed by atoms with van der Waals surface area (Å²) in [6.45, 7) is 6.57. The summed E-state index contributed by atoms with van der Waals surface area (Å²) in [5, 5.41) is 1.15. The van der Waals surface area contributed by atoms with E-state index >= 15 is 0 Å². The first-order chi connectivity index (χ1) is 15.2. The number of hydrogen-bond donors (Lipinski definition) is 1. The van der Waals surface area contributed by atoms with Crippen molar-refractivity contribution in [1.82, 2.24) is 19.4 Å². The molecule has 5 rings (SSSR count). The zero-order valence-corrected chi connectivity index (χ0v) is 18.3. The molecule has 2 aliphatic heterocycles. The average molecular weight is 421 g/mol. The Kier molecular flexibility index (Phi) is 5.81. The topological polar surface area (TPSA) is 63.1 Å². The van der Waals surface area contributed by atoms with Crippen LogP contribution in [-0.4, -0.2) is 51.6 Å². The number of carbonyl (C=O) groups is 1. The van der Waals surface area contributed by atoms with Crippen LogP contribution in [0.25, 0.3) is 10.9 Å². The van der Waals surface area contributed by atoms with E-state index < -0.39 is 0 Å². The number of imidazole rings is 1. The van der Waals surface area contributed by atoms with Crippen LogP contribution in [0.2, 0.25) is 0 Å². The Hall–Kier alpha value is -2.60. The molecule has 2 fully saturated rings. The van der Waals surface area contributed by atoms with Crippen molar-refractivity contribution in [3.05, 3.63) is 53.7 Å². The Bertz CT molecular complexity index is 1040. The number of rotatable bonds is 5. The minimum absolute atomic E-state index is 0.241. The lowest BCUT2D eigenvalue weighted by Crippen LogP contribution is -2.40. The minimum atomic E-state index is 0.241. The zero-order chi connectivity index (χ0) is 21.2. The van der Waals surface area contributed by atoms with Crippen LogP contribution in [-0.2, 0) is 22.5 Å². The van der Waals surface area contributed by atoms with Crippen LogP contribution in [0.1, 0.15) is 48.7 Å². The van der Waals surface area contributed by atoms with Crippen LogP contribution in [0.15, 0.2) is 36.7 Å². The molecule has 164 valence electrons. The maximum atomic E-state index is 12.9. The fourth-order valence-corrected chi connectivity index (χ4v) is 5.17. The molecule has 0 spiro atoms. The Morgan fingerprint density at radius 1 is 1.16 bits per heavy atom. The summed E-state index contributed by atoms with van der Waals surface area (Å²) < 4.78 is 7.97. The van der Waals surface area contributed by atoms with E-state index in [1.54, 1.807) is 0 Å². The second-order valence-electron chi connectivity index (χ2n) is 9.12. The van der Waals surface area contributed by atoms with Crippen LogP contribution in [0.4, 0.5) is 0 Å². The van der Waals surface area contributed by atoms with Crippen molar-refractivity contribution < 1.29 is 9.53 Å². The summed E-state index contributed by atoms with van der Waals surface area (Å²) in [5.74, 6) is 2.59. The van der Waals surface area contributed by atoms with Gasteiger partial charge >= 0.3 is 0 Å². The third kappa shape index (κ3) is 4.26. The molecule has 0 radical (unpaired) electrons. The van der Waals surface area contributed by atoms with E-state index in [4.69, 9.17) is 9.72 Å². The molecule has 2 aliphatic rings. The molecule has 1 amide bonds. The highest BCUT2D eigenvalue weighted by atomic mass is 16.5. The largest absolute Gasteiger partial charge is 0.381 e. The summed E-state index contributed by atoms with van der Waals surface area (Å²) in [5.41, 5.74) is 3.44. The number of aryl methyl sites for hydroxylation is 1. The van der Waals surface area contributed by atoms with Crippen molar-refractivity contribution in [2.24, 2.45) is 5.92 Å². The molecule has 3 aromatic rings. The molecular formula is C25H32N4O2. The predicted octanol–water partition coefficient (Wildman–Crippen LogP) is 4.05. The second kappa shape index (κ2) is 8.87. The number of hydrogen-bond acceptors (Lipinski definition) is 3. The number of likely N-dealkylation sites (tertiary alicyclic amines) is 1. The SMILES string of the molecule is Cc1cnc(C2CCOCC2)n1CC1CCN(C(=O)Cc2c[nH]c3ccccc23)CC1. The van der Waals surface area contributed by atoms with Gasteiger partial charge in [-0.15, -0.1) is 0 Å². The van der Waals surface area contributed by atoms with Crippen LogP contribution >= 0.6 is 0 Å². The quantitative estimate of drug-likeness (QED) is 0.677. The van der Waals surface area contributed by atoms with E-state index in [-0.39, 0.29) is 5.91 Å². The summed E-state index contributed by atoms with van der Waals surface area (Å²) in [6, 6.07) is 8.19. The van der Waals surface area contributed by atoms with Crippen molar-refractivity contribution in [1.29, 1.82) is 0 Å². The van der Waals surface area contributed by atoms with E-state index in [0.29, 0.717) is 18.3 Å². The number of aromatic nitrogens is 3. The Morgan fingerprint density at radius 2 is 1.94 bits per heavy atom.